The third-order valence-electron chi connectivity index (χ3n) is 5.78. The van der Waals surface area contributed by atoms with Crippen molar-refractivity contribution in [1.82, 2.24) is 14.5 Å². The van der Waals surface area contributed by atoms with Crippen LogP contribution in [-0.4, -0.2) is 61.8 Å². The van der Waals surface area contributed by atoms with Crippen LogP contribution in [-0.2, 0) is 14.8 Å². The van der Waals surface area contributed by atoms with Crippen molar-refractivity contribution in [3.63, 3.8) is 0 Å². The second kappa shape index (κ2) is 9.17. The summed E-state index contributed by atoms with van der Waals surface area (Å²) in [6.07, 6.45) is 7.05. The van der Waals surface area contributed by atoms with Crippen molar-refractivity contribution in [3.05, 3.63) is 30.3 Å². The lowest BCUT2D eigenvalue weighted by Crippen LogP contribution is -2.55. The monoisotopic (exact) mass is 393 g/mol. The Hall–Kier alpha value is -1.44. The van der Waals surface area contributed by atoms with Crippen LogP contribution >= 0.6 is 0 Å². The van der Waals surface area contributed by atoms with E-state index in [4.69, 9.17) is 0 Å². The first-order valence-corrected chi connectivity index (χ1v) is 11.5. The molecule has 6 nitrogen and oxygen atoms in total. The third-order valence-corrected chi connectivity index (χ3v) is 7.70. The van der Waals surface area contributed by atoms with E-state index in [1.807, 2.05) is 13.0 Å². The molecule has 1 aromatic carbocycles. The molecule has 1 atom stereocenters. The summed E-state index contributed by atoms with van der Waals surface area (Å²) in [5.41, 5.74) is 0. The molecular weight excluding hydrogens is 362 g/mol. The number of amides is 1. The molecule has 7 heteroatoms. The smallest absolute Gasteiger partial charge is 0.243 e. The minimum atomic E-state index is -3.45. The van der Waals surface area contributed by atoms with Gasteiger partial charge in [-0.3, -0.25) is 9.69 Å². The Morgan fingerprint density at radius 3 is 2.19 bits per heavy atom. The highest BCUT2D eigenvalue weighted by Crippen LogP contribution is 2.19. The second-order valence-corrected chi connectivity index (χ2v) is 9.56. The van der Waals surface area contributed by atoms with Gasteiger partial charge >= 0.3 is 0 Å². The normalized spacial score (nSPS) is 22.1. The number of nitrogens with zero attached hydrogens (tertiary/aromatic N) is 2. The van der Waals surface area contributed by atoms with E-state index in [1.165, 1.54) is 30.0 Å². The fraction of sp³-hybridized carbons (Fsp3) is 0.650. The lowest BCUT2D eigenvalue weighted by Gasteiger charge is -2.37. The van der Waals surface area contributed by atoms with E-state index in [1.54, 1.807) is 24.3 Å². The molecule has 27 heavy (non-hydrogen) atoms. The molecule has 1 aromatic rings. The number of nitrogens with one attached hydrogen (secondary N) is 1. The summed E-state index contributed by atoms with van der Waals surface area (Å²) in [6, 6.07) is 8.61. The average Bonchev–Trinajstić information content (AvgIpc) is 2.97. The van der Waals surface area contributed by atoms with Gasteiger partial charge in [-0.15, -0.1) is 0 Å². The number of carbonyl (C=O) groups is 1. The predicted octanol–water partition coefficient (Wildman–Crippen LogP) is 2.22. The average molecular weight is 394 g/mol. The van der Waals surface area contributed by atoms with Crippen molar-refractivity contribution in [3.8, 4) is 0 Å². The standard InChI is InChI=1S/C20H31N3O3S/c1-17(20(24)21-18-9-5-2-3-6-10-18)22-13-15-23(16-14-22)27(25,26)19-11-7-4-8-12-19/h4,7-8,11-12,17-18H,2-3,5-6,9-10,13-16H2,1H3,(H,21,24)/t17-/m0/s1. The van der Waals surface area contributed by atoms with Gasteiger partial charge < -0.3 is 5.32 Å². The minimum Gasteiger partial charge on any atom is -0.352 e. The molecule has 0 aromatic heterocycles. The van der Waals surface area contributed by atoms with Gasteiger partial charge in [0.1, 0.15) is 0 Å². The van der Waals surface area contributed by atoms with Gasteiger partial charge in [0, 0.05) is 32.2 Å². The lowest BCUT2D eigenvalue weighted by molar-refractivity contribution is -0.127. The summed E-state index contributed by atoms with van der Waals surface area (Å²) in [5.74, 6) is 0.0706. The highest BCUT2D eigenvalue weighted by molar-refractivity contribution is 7.89. The van der Waals surface area contributed by atoms with Gasteiger partial charge in [-0.1, -0.05) is 43.9 Å². The lowest BCUT2D eigenvalue weighted by atomic mass is 10.1. The molecule has 150 valence electrons. The zero-order valence-electron chi connectivity index (χ0n) is 16.1. The van der Waals surface area contributed by atoms with Crippen molar-refractivity contribution >= 4 is 15.9 Å². The molecule has 1 aliphatic heterocycles. The van der Waals surface area contributed by atoms with E-state index in [0.29, 0.717) is 37.1 Å². The summed E-state index contributed by atoms with van der Waals surface area (Å²) < 4.78 is 27.0. The van der Waals surface area contributed by atoms with E-state index >= 15 is 0 Å². The molecule has 1 N–H and O–H groups in total. The van der Waals surface area contributed by atoms with Crippen molar-refractivity contribution < 1.29 is 13.2 Å². The van der Waals surface area contributed by atoms with Crippen LogP contribution < -0.4 is 5.32 Å². The SMILES string of the molecule is C[C@@H](C(=O)NC1CCCCCC1)N1CCN(S(=O)(=O)c2ccccc2)CC1. The van der Waals surface area contributed by atoms with Crippen molar-refractivity contribution in [2.24, 2.45) is 0 Å². The first kappa shape index (κ1) is 20.3. The molecule has 1 saturated carbocycles. The minimum absolute atomic E-state index is 0.0706. The summed E-state index contributed by atoms with van der Waals surface area (Å²) in [7, 11) is -3.45. The van der Waals surface area contributed by atoms with E-state index in [-0.39, 0.29) is 11.9 Å². The zero-order valence-corrected chi connectivity index (χ0v) is 17.0. The van der Waals surface area contributed by atoms with Gasteiger partial charge in [-0.25, -0.2) is 8.42 Å². The molecule has 0 radical (unpaired) electrons. The molecule has 1 saturated heterocycles. The molecule has 0 bridgehead atoms. The Labute approximate surface area is 163 Å². The molecule has 1 aliphatic carbocycles. The fourth-order valence-corrected chi connectivity index (χ4v) is 5.43. The topological polar surface area (TPSA) is 69.7 Å². The van der Waals surface area contributed by atoms with Gasteiger partial charge in [-0.2, -0.15) is 4.31 Å². The molecule has 2 aliphatic rings. The maximum absolute atomic E-state index is 12.7. The second-order valence-electron chi connectivity index (χ2n) is 7.63. The van der Waals surface area contributed by atoms with Crippen LogP contribution in [0.15, 0.2) is 35.2 Å². The van der Waals surface area contributed by atoms with E-state index in [0.717, 1.165) is 12.8 Å². The Kier molecular flexibility index (Phi) is 6.89. The van der Waals surface area contributed by atoms with E-state index in [2.05, 4.69) is 10.2 Å². The summed E-state index contributed by atoms with van der Waals surface area (Å²) in [4.78, 5) is 15.1. The fourth-order valence-electron chi connectivity index (χ4n) is 3.98. The van der Waals surface area contributed by atoms with Crippen molar-refractivity contribution in [1.29, 1.82) is 0 Å². The Morgan fingerprint density at radius 1 is 1.00 bits per heavy atom. The third kappa shape index (κ3) is 5.09. The van der Waals surface area contributed by atoms with Gasteiger partial charge in [0.25, 0.3) is 0 Å². The molecule has 0 unspecified atom stereocenters. The first-order valence-electron chi connectivity index (χ1n) is 10.1. The molecule has 3 rings (SSSR count). The summed E-state index contributed by atoms with van der Waals surface area (Å²) in [6.45, 7) is 3.90. The predicted molar refractivity (Wildman–Crippen MR) is 106 cm³/mol. The molecule has 2 fully saturated rings. The summed E-state index contributed by atoms with van der Waals surface area (Å²) in [5, 5.41) is 3.21. The number of carbonyl (C=O) groups excluding carboxylic acids is 1. The number of hydrogen-bond acceptors (Lipinski definition) is 4. The highest BCUT2D eigenvalue weighted by atomic mass is 32.2. The van der Waals surface area contributed by atoms with Crippen molar-refractivity contribution in [2.45, 2.75) is 62.4 Å². The van der Waals surface area contributed by atoms with Crippen LogP contribution in [0, 0.1) is 0 Å². The van der Waals surface area contributed by atoms with Gasteiger partial charge in [-0.05, 0) is 31.9 Å². The van der Waals surface area contributed by atoms with E-state index < -0.39 is 10.0 Å². The van der Waals surface area contributed by atoms with Gasteiger partial charge in [0.15, 0.2) is 0 Å². The molecule has 0 spiro atoms. The Morgan fingerprint density at radius 2 is 1.59 bits per heavy atom. The Bertz CT molecular complexity index is 707. The van der Waals surface area contributed by atoms with Gasteiger partial charge in [0.05, 0.1) is 10.9 Å². The number of benzene rings is 1. The quantitative estimate of drug-likeness (QED) is 0.779. The maximum atomic E-state index is 12.7. The first-order chi connectivity index (χ1) is 13.0. The van der Waals surface area contributed by atoms with Crippen LogP contribution in [0.1, 0.15) is 45.4 Å². The van der Waals surface area contributed by atoms with Crippen molar-refractivity contribution in [2.75, 3.05) is 26.2 Å². The highest BCUT2D eigenvalue weighted by Gasteiger charge is 2.32. The largest absolute Gasteiger partial charge is 0.352 e. The van der Waals surface area contributed by atoms with Crippen LogP contribution in [0.5, 0.6) is 0 Å². The van der Waals surface area contributed by atoms with Crippen LogP contribution in [0.2, 0.25) is 0 Å². The van der Waals surface area contributed by atoms with Crippen LogP contribution in [0.25, 0.3) is 0 Å². The molecular formula is C20H31N3O3S. The number of rotatable bonds is 5. The number of hydrogen-bond donors (Lipinski definition) is 1. The Balaban J connectivity index is 1.53. The molecule has 1 heterocycles. The number of sulfonamides is 1. The van der Waals surface area contributed by atoms with Crippen LogP contribution in [0.3, 0.4) is 0 Å². The van der Waals surface area contributed by atoms with E-state index in [9.17, 15) is 13.2 Å². The summed E-state index contributed by atoms with van der Waals surface area (Å²) >= 11 is 0. The number of piperazine rings is 1. The van der Waals surface area contributed by atoms with Gasteiger partial charge in [0.2, 0.25) is 15.9 Å². The van der Waals surface area contributed by atoms with Crippen LogP contribution in [0.4, 0.5) is 0 Å². The zero-order chi connectivity index (χ0) is 19.3. The maximum Gasteiger partial charge on any atom is 0.243 e. The molecule has 1 amide bonds.